The molecule has 3 heteroatoms. The summed E-state index contributed by atoms with van der Waals surface area (Å²) in [6, 6.07) is 8.97. The minimum Gasteiger partial charge on any atom is -0.338 e. The number of hydrogen-bond donors (Lipinski definition) is 0. The lowest BCUT2D eigenvalue weighted by Crippen LogP contribution is -2.28. The maximum Gasteiger partial charge on any atom is 0.253 e. The van der Waals surface area contributed by atoms with Crippen molar-refractivity contribution in [1.29, 1.82) is 5.26 Å². The van der Waals surface area contributed by atoms with Crippen LogP contribution in [0.4, 0.5) is 0 Å². The van der Waals surface area contributed by atoms with Gasteiger partial charge in [-0.15, -0.1) is 0 Å². The van der Waals surface area contributed by atoms with Crippen molar-refractivity contribution < 1.29 is 4.79 Å². The second kappa shape index (κ2) is 4.58. The normalized spacial score (nSPS) is 23.5. The summed E-state index contributed by atoms with van der Waals surface area (Å²) in [6.07, 6.45) is 0. The van der Waals surface area contributed by atoms with Crippen molar-refractivity contribution in [1.82, 2.24) is 4.90 Å². The Morgan fingerprint density at radius 3 is 2.59 bits per heavy atom. The molecule has 0 spiro atoms. The van der Waals surface area contributed by atoms with Gasteiger partial charge in [0.05, 0.1) is 11.6 Å². The fourth-order valence-electron chi connectivity index (χ4n) is 2.20. The zero-order chi connectivity index (χ0) is 12.4. The van der Waals surface area contributed by atoms with Crippen LogP contribution in [0, 0.1) is 23.2 Å². The van der Waals surface area contributed by atoms with Crippen molar-refractivity contribution in [2.75, 3.05) is 13.1 Å². The number of benzene rings is 1. The minimum atomic E-state index is 0.0401. The molecule has 17 heavy (non-hydrogen) atoms. The molecule has 2 atom stereocenters. The van der Waals surface area contributed by atoms with Crippen molar-refractivity contribution in [3.8, 4) is 6.07 Å². The Hall–Kier alpha value is -1.82. The van der Waals surface area contributed by atoms with Crippen molar-refractivity contribution >= 4 is 5.91 Å². The number of rotatable bonds is 1. The van der Waals surface area contributed by atoms with E-state index in [0.29, 0.717) is 23.0 Å². The lowest BCUT2D eigenvalue weighted by molar-refractivity contribution is 0.0785. The molecule has 1 saturated heterocycles. The van der Waals surface area contributed by atoms with Gasteiger partial charge < -0.3 is 4.90 Å². The molecule has 0 N–H and O–H groups in total. The van der Waals surface area contributed by atoms with Crippen molar-refractivity contribution in [3.63, 3.8) is 0 Å². The average Bonchev–Trinajstić information content (AvgIpc) is 2.69. The van der Waals surface area contributed by atoms with Crippen LogP contribution in [0.3, 0.4) is 0 Å². The van der Waals surface area contributed by atoms with E-state index in [1.807, 2.05) is 4.90 Å². The molecule has 1 aliphatic rings. The maximum atomic E-state index is 12.2. The predicted octanol–water partition coefficient (Wildman–Crippen LogP) is 2.29. The van der Waals surface area contributed by atoms with Crippen LogP contribution < -0.4 is 0 Å². The van der Waals surface area contributed by atoms with E-state index in [0.717, 1.165) is 13.1 Å². The Morgan fingerprint density at radius 1 is 1.35 bits per heavy atom. The van der Waals surface area contributed by atoms with E-state index in [-0.39, 0.29) is 5.91 Å². The number of amides is 1. The Morgan fingerprint density at radius 2 is 2.00 bits per heavy atom. The van der Waals surface area contributed by atoms with Crippen LogP contribution in [-0.4, -0.2) is 23.9 Å². The van der Waals surface area contributed by atoms with Crippen molar-refractivity contribution in [2.24, 2.45) is 11.8 Å². The Kier molecular flexibility index (Phi) is 3.14. The Balaban J connectivity index is 2.18. The van der Waals surface area contributed by atoms with Crippen LogP contribution in [0.15, 0.2) is 24.3 Å². The zero-order valence-electron chi connectivity index (χ0n) is 10.2. The summed E-state index contributed by atoms with van der Waals surface area (Å²) < 4.78 is 0. The first-order valence-corrected chi connectivity index (χ1v) is 5.91. The molecule has 0 radical (unpaired) electrons. The van der Waals surface area contributed by atoms with E-state index in [2.05, 4.69) is 19.9 Å². The largest absolute Gasteiger partial charge is 0.338 e. The number of carbonyl (C=O) groups excluding carboxylic acids is 1. The van der Waals surface area contributed by atoms with Crippen LogP contribution in [0.1, 0.15) is 29.8 Å². The van der Waals surface area contributed by atoms with E-state index in [1.54, 1.807) is 24.3 Å². The van der Waals surface area contributed by atoms with Gasteiger partial charge in [0.2, 0.25) is 0 Å². The van der Waals surface area contributed by atoms with Gasteiger partial charge in [-0.1, -0.05) is 19.9 Å². The van der Waals surface area contributed by atoms with Gasteiger partial charge >= 0.3 is 0 Å². The third-order valence-electron chi connectivity index (χ3n) is 3.51. The van der Waals surface area contributed by atoms with Gasteiger partial charge in [-0.25, -0.2) is 0 Å². The highest BCUT2D eigenvalue weighted by Crippen LogP contribution is 2.23. The van der Waals surface area contributed by atoms with Crippen LogP contribution in [0.25, 0.3) is 0 Å². The summed E-state index contributed by atoms with van der Waals surface area (Å²) >= 11 is 0. The quantitative estimate of drug-likeness (QED) is 0.740. The first-order chi connectivity index (χ1) is 8.11. The monoisotopic (exact) mass is 228 g/mol. The second-order valence-corrected chi connectivity index (χ2v) is 4.86. The number of carbonyl (C=O) groups is 1. The molecule has 1 heterocycles. The highest BCUT2D eigenvalue weighted by molar-refractivity contribution is 5.94. The van der Waals surface area contributed by atoms with Gasteiger partial charge in [0.15, 0.2) is 0 Å². The van der Waals surface area contributed by atoms with Gasteiger partial charge in [0, 0.05) is 18.7 Å². The topological polar surface area (TPSA) is 44.1 Å². The van der Waals surface area contributed by atoms with Crippen molar-refractivity contribution in [2.45, 2.75) is 13.8 Å². The summed E-state index contributed by atoms with van der Waals surface area (Å²) in [6.45, 7) is 5.97. The molecular formula is C14H16N2O. The SMILES string of the molecule is CC1CN(C(=O)c2cccc(C#N)c2)CC1C. The lowest BCUT2D eigenvalue weighted by Gasteiger charge is -2.16. The van der Waals surface area contributed by atoms with Crippen LogP contribution in [-0.2, 0) is 0 Å². The molecule has 0 aromatic heterocycles. The third kappa shape index (κ3) is 2.31. The molecule has 1 fully saturated rings. The highest BCUT2D eigenvalue weighted by Gasteiger charge is 2.29. The van der Waals surface area contributed by atoms with Crippen LogP contribution in [0.2, 0.25) is 0 Å². The Bertz CT molecular complexity index is 465. The third-order valence-corrected chi connectivity index (χ3v) is 3.51. The molecular weight excluding hydrogens is 212 g/mol. The van der Waals surface area contributed by atoms with Gasteiger partial charge in [0.25, 0.3) is 5.91 Å². The number of nitriles is 1. The first-order valence-electron chi connectivity index (χ1n) is 5.91. The Labute approximate surface area is 102 Å². The summed E-state index contributed by atoms with van der Waals surface area (Å²) in [5.41, 5.74) is 1.15. The molecule has 1 aromatic rings. The van der Waals surface area contributed by atoms with E-state index in [1.165, 1.54) is 0 Å². The fourth-order valence-corrected chi connectivity index (χ4v) is 2.20. The molecule has 0 bridgehead atoms. The number of likely N-dealkylation sites (tertiary alicyclic amines) is 1. The van der Waals surface area contributed by atoms with Crippen molar-refractivity contribution in [3.05, 3.63) is 35.4 Å². The molecule has 1 amide bonds. The number of nitrogens with zero attached hydrogens (tertiary/aromatic N) is 2. The standard InChI is InChI=1S/C14H16N2O/c1-10-8-16(9-11(10)2)14(17)13-5-3-4-12(6-13)7-15/h3-6,10-11H,8-9H2,1-2H3. The van der Waals surface area contributed by atoms with Crippen LogP contribution in [0.5, 0.6) is 0 Å². The molecule has 1 aliphatic heterocycles. The van der Waals surface area contributed by atoms with Gasteiger partial charge in [-0.05, 0) is 30.0 Å². The van der Waals surface area contributed by atoms with Gasteiger partial charge in [-0.2, -0.15) is 5.26 Å². The highest BCUT2D eigenvalue weighted by atomic mass is 16.2. The van der Waals surface area contributed by atoms with Gasteiger partial charge in [0.1, 0.15) is 0 Å². The van der Waals surface area contributed by atoms with Gasteiger partial charge in [-0.3, -0.25) is 4.79 Å². The molecule has 88 valence electrons. The molecule has 0 aliphatic carbocycles. The molecule has 3 nitrogen and oxygen atoms in total. The summed E-state index contributed by atoms with van der Waals surface area (Å²) in [5, 5.41) is 8.82. The molecule has 1 aromatic carbocycles. The fraction of sp³-hybridized carbons (Fsp3) is 0.429. The second-order valence-electron chi connectivity index (χ2n) is 4.86. The maximum absolute atomic E-state index is 12.2. The predicted molar refractivity (Wildman–Crippen MR) is 65.4 cm³/mol. The summed E-state index contributed by atoms with van der Waals surface area (Å²) in [7, 11) is 0. The van der Waals surface area contributed by atoms with E-state index in [4.69, 9.17) is 5.26 Å². The van der Waals surface area contributed by atoms with Crippen LogP contribution >= 0.6 is 0 Å². The molecule has 2 rings (SSSR count). The average molecular weight is 228 g/mol. The van der Waals surface area contributed by atoms with E-state index < -0.39 is 0 Å². The smallest absolute Gasteiger partial charge is 0.253 e. The first kappa shape index (κ1) is 11.7. The van der Waals surface area contributed by atoms with E-state index in [9.17, 15) is 4.79 Å². The van der Waals surface area contributed by atoms with E-state index >= 15 is 0 Å². The summed E-state index contributed by atoms with van der Waals surface area (Å²) in [4.78, 5) is 14.1. The molecule has 2 unspecified atom stereocenters. The molecule has 0 saturated carbocycles. The summed E-state index contributed by atoms with van der Waals surface area (Å²) in [5.74, 6) is 1.15. The minimum absolute atomic E-state index is 0.0401. The lowest BCUT2D eigenvalue weighted by atomic mass is 10.0. The zero-order valence-corrected chi connectivity index (χ0v) is 10.2. The number of hydrogen-bond acceptors (Lipinski definition) is 2.